The third-order valence-corrected chi connectivity index (χ3v) is 6.89. The monoisotopic (exact) mass is 362 g/mol. The standard InChI is InChI=1S/C10H20O10P2/c1-3-6(21(15,16)17)5-10(9(13)14,22(18,19)20)7(4-2)8(11)12/h6-7H,3-5H2,1-2H3,(H,11,12)(H,13,14)(H2,15,16,17)(H2,18,19,20). The summed E-state index contributed by atoms with van der Waals surface area (Å²) in [6.07, 6.45) is -1.84. The summed E-state index contributed by atoms with van der Waals surface area (Å²) in [5, 5.41) is 15.3. The van der Waals surface area contributed by atoms with Crippen LogP contribution in [0.1, 0.15) is 33.1 Å². The summed E-state index contributed by atoms with van der Waals surface area (Å²) in [7, 11) is -10.4. The molecule has 12 heteroatoms. The molecule has 0 spiro atoms. The van der Waals surface area contributed by atoms with Crippen LogP contribution in [0.25, 0.3) is 0 Å². The molecular weight excluding hydrogens is 342 g/mol. The average Bonchev–Trinajstić information content (AvgIpc) is 2.29. The van der Waals surface area contributed by atoms with E-state index in [1.54, 1.807) is 0 Å². The van der Waals surface area contributed by atoms with Gasteiger partial charge in [-0.05, 0) is 19.3 Å². The first-order valence-electron chi connectivity index (χ1n) is 6.32. The summed E-state index contributed by atoms with van der Waals surface area (Å²) in [5.41, 5.74) is -1.68. The van der Waals surface area contributed by atoms with E-state index in [1.807, 2.05) is 0 Å². The van der Waals surface area contributed by atoms with Crippen LogP contribution in [-0.4, -0.2) is 52.5 Å². The highest BCUT2D eigenvalue weighted by molar-refractivity contribution is 7.55. The van der Waals surface area contributed by atoms with Gasteiger partial charge < -0.3 is 29.8 Å². The number of carbonyl (C=O) groups is 2. The molecule has 3 atom stereocenters. The average molecular weight is 362 g/mol. The Kier molecular flexibility index (Phi) is 6.96. The van der Waals surface area contributed by atoms with Crippen LogP contribution < -0.4 is 0 Å². The SMILES string of the molecule is CCC(C(=O)O)C(CC(CC)P(=O)(O)O)(C(=O)O)P(=O)(O)O. The second-order valence-corrected chi connectivity index (χ2v) is 8.72. The fourth-order valence-corrected chi connectivity index (χ4v) is 4.95. The Morgan fingerprint density at radius 2 is 1.45 bits per heavy atom. The smallest absolute Gasteiger partial charge is 0.343 e. The quantitative estimate of drug-likeness (QED) is 0.314. The molecular formula is C10H20O10P2. The molecule has 0 aromatic heterocycles. The summed E-state index contributed by atoms with van der Waals surface area (Å²) in [5.74, 6) is -5.85. The highest BCUT2D eigenvalue weighted by Crippen LogP contribution is 2.61. The molecule has 0 aliphatic rings. The predicted molar refractivity (Wildman–Crippen MR) is 74.6 cm³/mol. The molecule has 10 nitrogen and oxygen atoms in total. The Morgan fingerprint density at radius 1 is 1.00 bits per heavy atom. The van der Waals surface area contributed by atoms with E-state index in [9.17, 15) is 43.4 Å². The first-order valence-corrected chi connectivity index (χ1v) is 9.62. The molecule has 0 saturated carbocycles. The zero-order valence-corrected chi connectivity index (χ0v) is 13.8. The number of carboxylic acids is 2. The maximum absolute atomic E-state index is 11.8. The summed E-state index contributed by atoms with van der Waals surface area (Å²) in [4.78, 5) is 60.1. The van der Waals surface area contributed by atoms with Gasteiger partial charge in [-0.15, -0.1) is 0 Å². The molecule has 0 aromatic carbocycles. The molecule has 0 heterocycles. The van der Waals surface area contributed by atoms with Gasteiger partial charge in [-0.25, -0.2) is 0 Å². The number of carboxylic acid groups (broad SMARTS) is 2. The third-order valence-electron chi connectivity index (χ3n) is 3.67. The Labute approximate surface area is 126 Å². The van der Waals surface area contributed by atoms with Crippen molar-refractivity contribution >= 4 is 27.1 Å². The second-order valence-electron chi connectivity index (χ2n) is 4.93. The van der Waals surface area contributed by atoms with Crippen molar-refractivity contribution in [1.82, 2.24) is 0 Å². The van der Waals surface area contributed by atoms with Crippen molar-refractivity contribution in [2.75, 3.05) is 0 Å². The Morgan fingerprint density at radius 3 is 1.64 bits per heavy atom. The van der Waals surface area contributed by atoms with Crippen molar-refractivity contribution in [3.05, 3.63) is 0 Å². The molecule has 130 valence electrons. The predicted octanol–water partition coefficient (Wildman–Crippen LogP) is 0.445. The van der Waals surface area contributed by atoms with Crippen molar-refractivity contribution in [3.63, 3.8) is 0 Å². The summed E-state index contributed by atoms with van der Waals surface area (Å²) < 4.78 is 23.1. The highest BCUT2D eigenvalue weighted by atomic mass is 31.2. The Bertz CT molecular complexity index is 520. The molecule has 3 unspecified atom stereocenters. The molecule has 0 rings (SSSR count). The fraction of sp³-hybridized carbons (Fsp3) is 0.800. The van der Waals surface area contributed by atoms with Gasteiger partial charge in [0.2, 0.25) is 0 Å². The maximum atomic E-state index is 11.8. The summed E-state index contributed by atoms with van der Waals surface area (Å²) in [6.45, 7) is 2.53. The largest absolute Gasteiger partial charge is 0.481 e. The van der Waals surface area contributed by atoms with Crippen LogP contribution in [0.3, 0.4) is 0 Å². The minimum absolute atomic E-state index is 0.268. The van der Waals surface area contributed by atoms with Gasteiger partial charge in [0.25, 0.3) is 0 Å². The van der Waals surface area contributed by atoms with Crippen LogP contribution in [0.4, 0.5) is 0 Å². The molecule has 0 bridgehead atoms. The zero-order chi connectivity index (χ0) is 17.9. The summed E-state index contributed by atoms with van der Waals surface area (Å²) >= 11 is 0. The van der Waals surface area contributed by atoms with Crippen molar-refractivity contribution < 1.29 is 48.5 Å². The van der Waals surface area contributed by atoms with E-state index in [-0.39, 0.29) is 6.42 Å². The zero-order valence-electron chi connectivity index (χ0n) is 12.0. The number of hydrogen-bond donors (Lipinski definition) is 6. The number of hydrogen-bond acceptors (Lipinski definition) is 4. The van der Waals surface area contributed by atoms with Gasteiger partial charge in [0, 0.05) is 0 Å². The van der Waals surface area contributed by atoms with E-state index in [4.69, 9.17) is 5.11 Å². The molecule has 0 amide bonds. The van der Waals surface area contributed by atoms with E-state index in [0.29, 0.717) is 0 Å². The number of aliphatic carboxylic acids is 2. The van der Waals surface area contributed by atoms with Gasteiger partial charge in [-0.2, -0.15) is 0 Å². The molecule has 0 saturated heterocycles. The van der Waals surface area contributed by atoms with Crippen LogP contribution in [0, 0.1) is 5.92 Å². The van der Waals surface area contributed by atoms with Crippen LogP contribution in [0.5, 0.6) is 0 Å². The van der Waals surface area contributed by atoms with E-state index >= 15 is 0 Å². The van der Waals surface area contributed by atoms with Gasteiger partial charge in [0.15, 0.2) is 5.16 Å². The van der Waals surface area contributed by atoms with Gasteiger partial charge in [-0.3, -0.25) is 18.7 Å². The van der Waals surface area contributed by atoms with Crippen LogP contribution in [-0.2, 0) is 18.7 Å². The van der Waals surface area contributed by atoms with E-state index in [0.717, 1.165) is 0 Å². The highest BCUT2D eigenvalue weighted by Gasteiger charge is 2.62. The van der Waals surface area contributed by atoms with Gasteiger partial charge >= 0.3 is 27.1 Å². The van der Waals surface area contributed by atoms with Crippen molar-refractivity contribution in [2.24, 2.45) is 5.92 Å². The van der Waals surface area contributed by atoms with Gasteiger partial charge in [-0.1, -0.05) is 13.8 Å². The third kappa shape index (κ3) is 4.16. The van der Waals surface area contributed by atoms with Crippen molar-refractivity contribution in [2.45, 2.75) is 43.9 Å². The first kappa shape index (κ1) is 21.2. The molecule has 0 fully saturated rings. The lowest BCUT2D eigenvalue weighted by Gasteiger charge is -2.37. The van der Waals surface area contributed by atoms with Gasteiger partial charge in [0.1, 0.15) is 0 Å². The van der Waals surface area contributed by atoms with Crippen molar-refractivity contribution in [3.8, 4) is 0 Å². The van der Waals surface area contributed by atoms with E-state index in [1.165, 1.54) is 13.8 Å². The molecule has 6 N–H and O–H groups in total. The van der Waals surface area contributed by atoms with Crippen molar-refractivity contribution in [1.29, 1.82) is 0 Å². The lowest BCUT2D eigenvalue weighted by molar-refractivity contribution is -0.153. The molecule has 0 aliphatic heterocycles. The first-order chi connectivity index (χ1) is 9.75. The fourth-order valence-electron chi connectivity index (χ4n) is 2.40. The number of rotatable bonds is 9. The maximum Gasteiger partial charge on any atom is 0.343 e. The lowest BCUT2D eigenvalue weighted by Crippen LogP contribution is -2.50. The minimum atomic E-state index is -5.55. The summed E-state index contributed by atoms with van der Waals surface area (Å²) in [6, 6.07) is 0. The molecule has 0 radical (unpaired) electrons. The van der Waals surface area contributed by atoms with Crippen LogP contribution >= 0.6 is 15.2 Å². The molecule has 22 heavy (non-hydrogen) atoms. The minimum Gasteiger partial charge on any atom is -0.481 e. The van der Waals surface area contributed by atoms with Crippen LogP contribution in [0.2, 0.25) is 0 Å². The van der Waals surface area contributed by atoms with E-state index in [2.05, 4.69) is 0 Å². The van der Waals surface area contributed by atoms with Crippen LogP contribution in [0.15, 0.2) is 0 Å². The second kappa shape index (κ2) is 7.21. The Balaban J connectivity index is 6.33. The van der Waals surface area contributed by atoms with E-state index < -0.39 is 56.7 Å². The topological polar surface area (TPSA) is 190 Å². The lowest BCUT2D eigenvalue weighted by atomic mass is 9.84. The normalized spacial score (nSPS) is 18.3. The molecule has 0 aliphatic carbocycles. The molecule has 0 aromatic rings. The van der Waals surface area contributed by atoms with Gasteiger partial charge in [0.05, 0.1) is 11.6 Å². The Hall–Kier alpha value is -0.760.